The molecule has 2 aromatic rings. The van der Waals surface area contributed by atoms with Crippen LogP contribution in [0.4, 0.5) is 5.69 Å². The molecule has 0 atom stereocenters. The van der Waals surface area contributed by atoms with E-state index in [-0.39, 0.29) is 11.8 Å². The largest absolute Gasteiger partial charge is 0.497 e. The van der Waals surface area contributed by atoms with Gasteiger partial charge in [0.05, 0.1) is 18.4 Å². The molecule has 1 aliphatic rings. The van der Waals surface area contributed by atoms with Crippen molar-refractivity contribution in [3.63, 3.8) is 0 Å². The molecule has 1 N–H and O–H groups in total. The highest BCUT2D eigenvalue weighted by Gasteiger charge is 2.19. The SMILES string of the molecule is COc1ccc(NC(=O)c2ccccc2SCC(=O)N2CCCC2)cc1. The number of rotatable bonds is 6. The third-order valence-corrected chi connectivity index (χ3v) is 5.35. The Labute approximate surface area is 157 Å². The van der Waals surface area contributed by atoms with Gasteiger partial charge < -0.3 is 15.0 Å². The van der Waals surface area contributed by atoms with E-state index in [0.29, 0.717) is 17.0 Å². The molecule has 1 saturated heterocycles. The van der Waals surface area contributed by atoms with Crippen LogP contribution in [0.5, 0.6) is 5.75 Å². The minimum atomic E-state index is -0.188. The van der Waals surface area contributed by atoms with Crippen LogP contribution in [0, 0.1) is 0 Å². The monoisotopic (exact) mass is 370 g/mol. The molecule has 0 spiro atoms. The van der Waals surface area contributed by atoms with E-state index in [1.165, 1.54) is 11.8 Å². The second-order valence-corrected chi connectivity index (χ2v) is 7.07. The Morgan fingerprint density at radius 1 is 1.08 bits per heavy atom. The summed E-state index contributed by atoms with van der Waals surface area (Å²) in [5, 5.41) is 2.89. The Morgan fingerprint density at radius 2 is 1.77 bits per heavy atom. The van der Waals surface area contributed by atoms with Crippen LogP contribution in [-0.4, -0.2) is 42.7 Å². The first-order chi connectivity index (χ1) is 12.7. The van der Waals surface area contributed by atoms with Crippen molar-refractivity contribution >= 4 is 29.3 Å². The van der Waals surface area contributed by atoms with E-state index in [1.54, 1.807) is 37.4 Å². The number of carbonyl (C=O) groups excluding carboxylic acids is 2. The standard InChI is InChI=1S/C20H22N2O3S/c1-25-16-10-8-15(9-11-16)21-20(24)17-6-2-3-7-18(17)26-14-19(23)22-12-4-5-13-22/h2-3,6-11H,4-5,12-14H2,1H3,(H,21,24). The molecular formula is C20H22N2O3S. The van der Waals surface area contributed by atoms with E-state index in [2.05, 4.69) is 5.32 Å². The van der Waals surface area contributed by atoms with E-state index < -0.39 is 0 Å². The Kier molecular flexibility index (Phi) is 6.17. The molecule has 2 aromatic carbocycles. The molecule has 6 heteroatoms. The normalized spacial score (nSPS) is 13.5. The van der Waals surface area contributed by atoms with Crippen molar-refractivity contribution in [2.24, 2.45) is 0 Å². The van der Waals surface area contributed by atoms with Gasteiger partial charge in [0.2, 0.25) is 5.91 Å². The number of anilines is 1. The van der Waals surface area contributed by atoms with Crippen LogP contribution in [0.3, 0.4) is 0 Å². The average molecular weight is 370 g/mol. The van der Waals surface area contributed by atoms with Gasteiger partial charge in [-0.05, 0) is 49.2 Å². The summed E-state index contributed by atoms with van der Waals surface area (Å²) in [6.45, 7) is 1.69. The molecule has 0 saturated carbocycles. The van der Waals surface area contributed by atoms with E-state index in [1.807, 2.05) is 23.1 Å². The fraction of sp³-hybridized carbons (Fsp3) is 0.300. The van der Waals surface area contributed by atoms with Crippen molar-refractivity contribution in [1.29, 1.82) is 0 Å². The predicted molar refractivity (Wildman–Crippen MR) is 104 cm³/mol. The van der Waals surface area contributed by atoms with Gasteiger partial charge in [0.1, 0.15) is 5.75 Å². The zero-order valence-corrected chi connectivity index (χ0v) is 15.6. The summed E-state index contributed by atoms with van der Waals surface area (Å²) in [6.07, 6.45) is 2.16. The molecule has 0 radical (unpaired) electrons. The smallest absolute Gasteiger partial charge is 0.256 e. The maximum Gasteiger partial charge on any atom is 0.256 e. The lowest BCUT2D eigenvalue weighted by atomic mass is 10.2. The zero-order valence-electron chi connectivity index (χ0n) is 14.7. The van der Waals surface area contributed by atoms with E-state index in [0.717, 1.165) is 36.6 Å². The number of amides is 2. The third-order valence-electron chi connectivity index (χ3n) is 4.29. The second kappa shape index (κ2) is 8.76. The third kappa shape index (κ3) is 4.58. The first-order valence-electron chi connectivity index (χ1n) is 8.62. The summed E-state index contributed by atoms with van der Waals surface area (Å²) in [4.78, 5) is 27.6. The molecule has 26 heavy (non-hydrogen) atoms. The van der Waals surface area contributed by atoms with Crippen molar-refractivity contribution in [1.82, 2.24) is 4.90 Å². The Morgan fingerprint density at radius 3 is 2.46 bits per heavy atom. The van der Waals surface area contributed by atoms with E-state index in [4.69, 9.17) is 4.74 Å². The second-order valence-electron chi connectivity index (χ2n) is 6.06. The minimum absolute atomic E-state index is 0.137. The molecule has 0 aromatic heterocycles. The summed E-state index contributed by atoms with van der Waals surface area (Å²) in [5.41, 5.74) is 1.27. The van der Waals surface area contributed by atoms with Gasteiger partial charge in [-0.15, -0.1) is 11.8 Å². The lowest BCUT2D eigenvalue weighted by Crippen LogP contribution is -2.29. The minimum Gasteiger partial charge on any atom is -0.497 e. The molecule has 3 rings (SSSR count). The number of carbonyl (C=O) groups is 2. The first kappa shape index (κ1) is 18.3. The summed E-state index contributed by atoms with van der Waals surface area (Å²) in [6, 6.07) is 14.6. The summed E-state index contributed by atoms with van der Waals surface area (Å²) in [5.74, 6) is 1.04. The molecule has 2 amide bonds. The van der Waals surface area contributed by atoms with Crippen molar-refractivity contribution in [2.45, 2.75) is 17.7 Å². The number of thioether (sulfide) groups is 1. The Balaban J connectivity index is 1.65. The number of benzene rings is 2. The fourth-order valence-electron chi connectivity index (χ4n) is 2.85. The van der Waals surface area contributed by atoms with Gasteiger partial charge in [-0.25, -0.2) is 0 Å². The number of ether oxygens (including phenoxy) is 1. The molecule has 136 valence electrons. The number of nitrogens with one attached hydrogen (secondary N) is 1. The van der Waals surface area contributed by atoms with Gasteiger partial charge in [0.15, 0.2) is 0 Å². The van der Waals surface area contributed by atoms with Crippen molar-refractivity contribution in [2.75, 3.05) is 31.3 Å². The van der Waals surface area contributed by atoms with Gasteiger partial charge in [-0.3, -0.25) is 9.59 Å². The highest BCUT2D eigenvalue weighted by molar-refractivity contribution is 8.00. The molecule has 1 aliphatic heterocycles. The highest BCUT2D eigenvalue weighted by atomic mass is 32.2. The maximum atomic E-state index is 12.6. The summed E-state index contributed by atoms with van der Waals surface area (Å²) in [7, 11) is 1.60. The first-order valence-corrected chi connectivity index (χ1v) is 9.61. The summed E-state index contributed by atoms with van der Waals surface area (Å²) < 4.78 is 5.12. The molecule has 0 unspecified atom stereocenters. The molecule has 5 nitrogen and oxygen atoms in total. The highest BCUT2D eigenvalue weighted by Crippen LogP contribution is 2.25. The van der Waals surface area contributed by atoms with Crippen LogP contribution in [0.25, 0.3) is 0 Å². The van der Waals surface area contributed by atoms with Crippen LogP contribution in [0.15, 0.2) is 53.4 Å². The van der Waals surface area contributed by atoms with Crippen molar-refractivity contribution in [3.05, 3.63) is 54.1 Å². The van der Waals surface area contributed by atoms with Crippen LogP contribution in [-0.2, 0) is 4.79 Å². The number of likely N-dealkylation sites (tertiary alicyclic amines) is 1. The molecule has 0 aliphatic carbocycles. The quantitative estimate of drug-likeness (QED) is 0.789. The Hall–Kier alpha value is -2.47. The van der Waals surface area contributed by atoms with E-state index >= 15 is 0 Å². The van der Waals surface area contributed by atoms with Gasteiger partial charge in [0.25, 0.3) is 5.91 Å². The van der Waals surface area contributed by atoms with Crippen molar-refractivity contribution in [3.8, 4) is 5.75 Å². The molecule has 0 bridgehead atoms. The van der Waals surface area contributed by atoms with Gasteiger partial charge in [-0.2, -0.15) is 0 Å². The molecular weight excluding hydrogens is 348 g/mol. The van der Waals surface area contributed by atoms with E-state index in [9.17, 15) is 9.59 Å². The lowest BCUT2D eigenvalue weighted by molar-refractivity contribution is -0.127. The number of hydrogen-bond acceptors (Lipinski definition) is 4. The van der Waals surface area contributed by atoms with Crippen molar-refractivity contribution < 1.29 is 14.3 Å². The van der Waals surface area contributed by atoms with Crippen LogP contribution in [0.2, 0.25) is 0 Å². The zero-order chi connectivity index (χ0) is 18.4. The number of hydrogen-bond donors (Lipinski definition) is 1. The van der Waals surface area contributed by atoms with Crippen LogP contribution >= 0.6 is 11.8 Å². The molecule has 1 heterocycles. The predicted octanol–water partition coefficient (Wildman–Crippen LogP) is 3.66. The summed E-state index contributed by atoms with van der Waals surface area (Å²) >= 11 is 1.41. The van der Waals surface area contributed by atoms with Gasteiger partial charge >= 0.3 is 0 Å². The topological polar surface area (TPSA) is 58.6 Å². The fourth-order valence-corrected chi connectivity index (χ4v) is 3.80. The Bertz CT molecular complexity index is 771. The average Bonchev–Trinajstić information content (AvgIpc) is 3.22. The molecule has 1 fully saturated rings. The maximum absolute atomic E-state index is 12.6. The van der Waals surface area contributed by atoms with Crippen LogP contribution in [0.1, 0.15) is 23.2 Å². The van der Waals surface area contributed by atoms with Gasteiger partial charge in [0, 0.05) is 23.7 Å². The number of methoxy groups -OCH3 is 1. The lowest BCUT2D eigenvalue weighted by Gasteiger charge is -2.15. The van der Waals surface area contributed by atoms with Gasteiger partial charge in [-0.1, -0.05) is 12.1 Å². The number of nitrogens with zero attached hydrogens (tertiary/aromatic N) is 1. The van der Waals surface area contributed by atoms with Crippen LogP contribution < -0.4 is 10.1 Å².